The summed E-state index contributed by atoms with van der Waals surface area (Å²) in [6.07, 6.45) is 2.46. The highest BCUT2D eigenvalue weighted by atomic mass is 32.1. The van der Waals surface area contributed by atoms with Crippen molar-refractivity contribution < 1.29 is 14.3 Å². The van der Waals surface area contributed by atoms with Crippen molar-refractivity contribution in [1.82, 2.24) is 15.2 Å². The second-order valence-electron chi connectivity index (χ2n) is 6.52. The van der Waals surface area contributed by atoms with Gasteiger partial charge >= 0.3 is 0 Å². The van der Waals surface area contributed by atoms with Gasteiger partial charge in [0, 0.05) is 42.3 Å². The van der Waals surface area contributed by atoms with E-state index in [1.165, 1.54) is 0 Å². The number of morpholine rings is 1. The van der Waals surface area contributed by atoms with Gasteiger partial charge in [-0.2, -0.15) is 0 Å². The molecule has 27 heavy (non-hydrogen) atoms. The number of aromatic nitrogens is 1. The zero-order valence-corrected chi connectivity index (χ0v) is 16.3. The van der Waals surface area contributed by atoms with Crippen LogP contribution in [-0.4, -0.2) is 61.1 Å². The van der Waals surface area contributed by atoms with Crippen LogP contribution >= 0.6 is 11.3 Å². The number of anilines is 1. The van der Waals surface area contributed by atoms with Crippen LogP contribution in [0, 0.1) is 6.92 Å². The van der Waals surface area contributed by atoms with Gasteiger partial charge in [-0.3, -0.25) is 14.5 Å². The third-order valence-electron chi connectivity index (χ3n) is 4.56. The highest BCUT2D eigenvalue weighted by Gasteiger charge is 2.27. The number of thiazole rings is 1. The number of hydrogen-bond acceptors (Lipinski definition) is 6. The van der Waals surface area contributed by atoms with Gasteiger partial charge in [0.25, 0.3) is 5.91 Å². The average Bonchev–Trinajstić information content (AvgIpc) is 3.17. The molecule has 7 nitrogen and oxygen atoms in total. The highest BCUT2D eigenvalue weighted by molar-refractivity contribution is 7.09. The number of rotatable bonds is 6. The molecule has 0 radical (unpaired) electrons. The summed E-state index contributed by atoms with van der Waals surface area (Å²) in [5.41, 5.74) is 2.07. The van der Waals surface area contributed by atoms with Gasteiger partial charge < -0.3 is 15.4 Å². The maximum atomic E-state index is 12.6. The zero-order valence-electron chi connectivity index (χ0n) is 15.5. The van der Waals surface area contributed by atoms with Gasteiger partial charge in [0.05, 0.1) is 18.2 Å². The monoisotopic (exact) mass is 388 g/mol. The van der Waals surface area contributed by atoms with Crippen molar-refractivity contribution in [2.45, 2.75) is 19.4 Å². The standard InChI is InChI=1S/C19H24N4O3S/c1-13-3-4-14(18(24)21-6-5-17-20-7-10-27-17)11-15(13)22-19(25)16-12-26-9-8-23(16)2/h3-4,7,10-11,16H,5-6,8-9,12H2,1-2H3,(H,21,24)(H,22,25)/t16-/m0/s1. The van der Waals surface area contributed by atoms with Crippen LogP contribution < -0.4 is 10.6 Å². The molecule has 144 valence electrons. The van der Waals surface area contributed by atoms with E-state index >= 15 is 0 Å². The summed E-state index contributed by atoms with van der Waals surface area (Å²) >= 11 is 1.57. The molecule has 1 aromatic heterocycles. The first-order valence-electron chi connectivity index (χ1n) is 8.90. The maximum absolute atomic E-state index is 12.6. The van der Waals surface area contributed by atoms with Crippen molar-refractivity contribution in [3.05, 3.63) is 45.9 Å². The smallest absolute Gasteiger partial charge is 0.251 e. The lowest BCUT2D eigenvalue weighted by molar-refractivity contribution is -0.126. The van der Waals surface area contributed by atoms with Crippen molar-refractivity contribution in [3.63, 3.8) is 0 Å². The number of benzene rings is 1. The van der Waals surface area contributed by atoms with Crippen LogP contribution in [0.15, 0.2) is 29.8 Å². The third-order valence-corrected chi connectivity index (χ3v) is 5.40. The van der Waals surface area contributed by atoms with Crippen molar-refractivity contribution in [1.29, 1.82) is 0 Å². The Labute approximate surface area is 162 Å². The van der Waals surface area contributed by atoms with Crippen LogP contribution in [0.1, 0.15) is 20.9 Å². The van der Waals surface area contributed by atoms with E-state index in [1.807, 2.05) is 30.3 Å². The molecule has 2 amide bonds. The Morgan fingerprint density at radius 3 is 3.00 bits per heavy atom. The molecule has 1 aliphatic rings. The molecule has 1 aliphatic heterocycles. The molecular weight excluding hydrogens is 364 g/mol. The Bertz CT molecular complexity index is 794. The van der Waals surface area contributed by atoms with E-state index in [-0.39, 0.29) is 17.9 Å². The molecule has 2 aromatic rings. The fourth-order valence-corrected chi connectivity index (χ4v) is 3.46. The molecular formula is C19H24N4O3S. The average molecular weight is 388 g/mol. The highest BCUT2D eigenvalue weighted by Crippen LogP contribution is 2.18. The number of nitrogens with one attached hydrogen (secondary N) is 2. The first kappa shape index (κ1) is 19.5. The molecule has 0 saturated carbocycles. The maximum Gasteiger partial charge on any atom is 0.251 e. The van der Waals surface area contributed by atoms with Crippen molar-refractivity contribution >= 4 is 28.8 Å². The van der Waals surface area contributed by atoms with E-state index in [0.29, 0.717) is 37.4 Å². The van der Waals surface area contributed by atoms with Crippen LogP contribution in [-0.2, 0) is 16.0 Å². The van der Waals surface area contributed by atoms with Gasteiger partial charge in [0.2, 0.25) is 5.91 Å². The number of carbonyl (C=O) groups is 2. The van der Waals surface area contributed by atoms with Crippen molar-refractivity contribution in [3.8, 4) is 0 Å². The number of hydrogen-bond donors (Lipinski definition) is 2. The molecule has 1 atom stereocenters. The number of amides is 2. The molecule has 0 spiro atoms. The molecule has 0 unspecified atom stereocenters. The number of nitrogens with zero attached hydrogens (tertiary/aromatic N) is 2. The summed E-state index contributed by atoms with van der Waals surface area (Å²) in [5.74, 6) is -0.290. The largest absolute Gasteiger partial charge is 0.378 e. The third kappa shape index (κ3) is 5.12. The Kier molecular flexibility index (Phi) is 6.54. The Hall–Kier alpha value is -2.29. The molecule has 2 N–H and O–H groups in total. The molecule has 1 saturated heterocycles. The number of likely N-dealkylation sites (N-methyl/N-ethyl adjacent to an activating group) is 1. The summed E-state index contributed by atoms with van der Waals surface area (Å²) in [6, 6.07) is 5.00. The molecule has 1 aromatic carbocycles. The van der Waals surface area contributed by atoms with Crippen molar-refractivity contribution in [2.75, 3.05) is 38.7 Å². The predicted octanol–water partition coefficient (Wildman–Crippen LogP) is 1.69. The predicted molar refractivity (Wildman–Crippen MR) is 105 cm³/mol. The number of ether oxygens (including phenoxy) is 1. The number of carbonyl (C=O) groups excluding carboxylic acids is 2. The first-order chi connectivity index (χ1) is 13.0. The van der Waals surface area contributed by atoms with E-state index in [4.69, 9.17) is 4.74 Å². The van der Waals surface area contributed by atoms with Gasteiger partial charge in [-0.1, -0.05) is 6.07 Å². The van der Waals surface area contributed by atoms with Gasteiger partial charge in [-0.25, -0.2) is 4.98 Å². The molecule has 0 aliphatic carbocycles. The Morgan fingerprint density at radius 2 is 2.26 bits per heavy atom. The topological polar surface area (TPSA) is 83.6 Å². The van der Waals surface area contributed by atoms with Crippen LogP contribution in [0.3, 0.4) is 0 Å². The molecule has 2 heterocycles. The summed E-state index contributed by atoms with van der Waals surface area (Å²) in [7, 11) is 1.91. The van der Waals surface area contributed by atoms with E-state index in [1.54, 1.807) is 29.7 Å². The molecule has 3 rings (SSSR count). The van der Waals surface area contributed by atoms with Gasteiger partial charge in [-0.15, -0.1) is 11.3 Å². The summed E-state index contributed by atoms with van der Waals surface area (Å²) < 4.78 is 5.41. The second-order valence-corrected chi connectivity index (χ2v) is 7.50. The first-order valence-corrected chi connectivity index (χ1v) is 9.78. The van der Waals surface area contributed by atoms with Gasteiger partial charge in [0.1, 0.15) is 6.04 Å². The zero-order chi connectivity index (χ0) is 19.2. The lowest BCUT2D eigenvalue weighted by Crippen LogP contribution is -2.49. The second kappa shape index (κ2) is 9.07. The quantitative estimate of drug-likeness (QED) is 0.787. The van der Waals surface area contributed by atoms with E-state index < -0.39 is 0 Å². The van der Waals surface area contributed by atoms with Crippen LogP contribution in [0.4, 0.5) is 5.69 Å². The minimum Gasteiger partial charge on any atom is -0.378 e. The van der Waals surface area contributed by atoms with E-state index in [2.05, 4.69) is 15.6 Å². The van der Waals surface area contributed by atoms with Gasteiger partial charge in [0.15, 0.2) is 0 Å². The SMILES string of the molecule is Cc1ccc(C(=O)NCCc2nccs2)cc1NC(=O)[C@@H]1COCCN1C. The van der Waals surface area contributed by atoms with Crippen LogP contribution in [0.25, 0.3) is 0 Å². The minimum absolute atomic E-state index is 0.123. The lowest BCUT2D eigenvalue weighted by atomic mass is 10.1. The fourth-order valence-electron chi connectivity index (χ4n) is 2.84. The lowest BCUT2D eigenvalue weighted by Gasteiger charge is -2.31. The Morgan fingerprint density at radius 1 is 1.41 bits per heavy atom. The minimum atomic E-state index is -0.325. The van der Waals surface area contributed by atoms with Gasteiger partial charge in [-0.05, 0) is 31.7 Å². The Balaban J connectivity index is 1.61. The van der Waals surface area contributed by atoms with Crippen LogP contribution in [0.5, 0.6) is 0 Å². The van der Waals surface area contributed by atoms with Crippen LogP contribution in [0.2, 0.25) is 0 Å². The summed E-state index contributed by atoms with van der Waals surface area (Å²) in [6.45, 7) is 4.15. The summed E-state index contributed by atoms with van der Waals surface area (Å²) in [4.78, 5) is 31.2. The fraction of sp³-hybridized carbons (Fsp3) is 0.421. The molecule has 1 fully saturated rings. The van der Waals surface area contributed by atoms with Crippen molar-refractivity contribution in [2.24, 2.45) is 0 Å². The molecule has 8 heteroatoms. The molecule has 0 bridgehead atoms. The van der Waals surface area contributed by atoms with E-state index in [9.17, 15) is 9.59 Å². The summed E-state index contributed by atoms with van der Waals surface area (Å²) in [5, 5.41) is 8.74. The number of aryl methyl sites for hydroxylation is 1. The normalized spacial score (nSPS) is 17.5. The van der Waals surface area contributed by atoms with E-state index in [0.717, 1.165) is 17.1 Å².